The second-order valence-electron chi connectivity index (χ2n) is 3.67. The molecule has 4 nitrogen and oxygen atoms in total. The van der Waals surface area contributed by atoms with Gasteiger partial charge in [0.15, 0.2) is 0 Å². The lowest BCUT2D eigenvalue weighted by molar-refractivity contribution is -0.119. The van der Waals surface area contributed by atoms with Gasteiger partial charge in [0, 0.05) is 6.42 Å². The maximum Gasteiger partial charge on any atom is 0.234 e. The van der Waals surface area contributed by atoms with E-state index in [1.54, 1.807) is 0 Å². The monoisotopic (exact) mass is 230 g/mol. The number of nitrogens with two attached hydrogens (primary N) is 1. The third-order valence-electron chi connectivity index (χ3n) is 2.50. The van der Waals surface area contributed by atoms with Gasteiger partial charge in [-0.3, -0.25) is 4.79 Å². The van der Waals surface area contributed by atoms with E-state index < -0.39 is 0 Å². The summed E-state index contributed by atoms with van der Waals surface area (Å²) < 4.78 is 5.52. The number of carbonyl (C=O) groups excluding carboxylic acids is 1. The van der Waals surface area contributed by atoms with Crippen LogP contribution in [0.3, 0.4) is 0 Å². The molecule has 1 heterocycles. The Kier molecular flexibility index (Phi) is 3.63. The van der Waals surface area contributed by atoms with Gasteiger partial charge in [0.2, 0.25) is 5.91 Å². The van der Waals surface area contributed by atoms with Crippen LogP contribution in [0.15, 0.2) is 18.2 Å². The normalized spacial score (nSPS) is 12.1. The number of hydrogen-bond acceptors (Lipinski definition) is 3. The van der Waals surface area contributed by atoms with Gasteiger partial charge < -0.3 is 15.8 Å². The van der Waals surface area contributed by atoms with Crippen LogP contribution in [-0.4, -0.2) is 25.6 Å². The molecule has 0 atom stereocenters. The van der Waals surface area contributed by atoms with Crippen molar-refractivity contribution >= 4 is 5.91 Å². The summed E-state index contributed by atoms with van der Waals surface area (Å²) in [6.07, 6.45) is 0.939. The third kappa shape index (κ3) is 2.77. The molecule has 0 bridgehead atoms. The summed E-state index contributed by atoms with van der Waals surface area (Å²) in [7, 11) is 0. The Morgan fingerprint density at radius 2 is 2.41 bits per heavy atom. The van der Waals surface area contributed by atoms with E-state index in [0.29, 0.717) is 6.54 Å². The lowest BCUT2D eigenvalue weighted by atomic mass is 10.1. The summed E-state index contributed by atoms with van der Waals surface area (Å²) >= 11 is 0. The van der Waals surface area contributed by atoms with Crippen LogP contribution in [0.2, 0.25) is 0 Å². The van der Waals surface area contributed by atoms with E-state index in [4.69, 9.17) is 10.5 Å². The highest BCUT2D eigenvalue weighted by atomic mass is 16.5. The van der Waals surface area contributed by atoms with Gasteiger partial charge in [-0.05, 0) is 11.6 Å². The number of hydrogen-bond donors (Lipinski definition) is 2. The summed E-state index contributed by atoms with van der Waals surface area (Å²) in [6, 6.07) is 5.93. The number of amides is 1. The molecule has 1 aromatic carbocycles. The number of ether oxygens (including phenoxy) is 1. The van der Waals surface area contributed by atoms with Crippen LogP contribution >= 0.6 is 0 Å². The predicted molar refractivity (Wildman–Crippen MR) is 64.6 cm³/mol. The van der Waals surface area contributed by atoms with Crippen LogP contribution in [0.25, 0.3) is 0 Å². The van der Waals surface area contributed by atoms with Crippen molar-refractivity contribution in [2.45, 2.75) is 6.42 Å². The van der Waals surface area contributed by atoms with Gasteiger partial charge in [0.1, 0.15) is 5.75 Å². The quantitative estimate of drug-likeness (QED) is 0.705. The Bertz CT molecular complexity index is 486. The number of rotatable bonds is 2. The first-order valence-electron chi connectivity index (χ1n) is 5.51. The molecule has 17 heavy (non-hydrogen) atoms. The van der Waals surface area contributed by atoms with Gasteiger partial charge in [-0.2, -0.15) is 0 Å². The second kappa shape index (κ2) is 5.37. The number of para-hydroxylation sites is 1. The number of fused-ring (bicyclic) bond motifs is 1. The Hall–Kier alpha value is -1.99. The zero-order chi connectivity index (χ0) is 12.1. The van der Waals surface area contributed by atoms with E-state index >= 15 is 0 Å². The lowest BCUT2D eigenvalue weighted by Crippen LogP contribution is -2.30. The van der Waals surface area contributed by atoms with E-state index in [1.807, 2.05) is 18.2 Å². The average Bonchev–Trinajstić information content (AvgIpc) is 2.83. The molecule has 1 aliphatic heterocycles. The van der Waals surface area contributed by atoms with Crippen LogP contribution in [0, 0.1) is 11.8 Å². The van der Waals surface area contributed by atoms with Crippen molar-refractivity contribution in [1.29, 1.82) is 0 Å². The molecule has 0 saturated heterocycles. The van der Waals surface area contributed by atoms with Gasteiger partial charge in [-0.25, -0.2) is 0 Å². The number of carbonyl (C=O) groups is 1. The summed E-state index contributed by atoms with van der Waals surface area (Å²) in [6.45, 7) is 1.02. The maximum absolute atomic E-state index is 10.9. The van der Waals surface area contributed by atoms with Crippen LogP contribution in [-0.2, 0) is 11.2 Å². The van der Waals surface area contributed by atoms with E-state index in [1.165, 1.54) is 5.56 Å². The summed E-state index contributed by atoms with van der Waals surface area (Å²) in [5.74, 6) is 6.55. The molecule has 2 rings (SSSR count). The van der Waals surface area contributed by atoms with Crippen molar-refractivity contribution < 1.29 is 9.53 Å². The molecule has 0 radical (unpaired) electrons. The molecule has 0 saturated carbocycles. The molecule has 1 aromatic rings. The second-order valence-corrected chi connectivity index (χ2v) is 3.67. The van der Waals surface area contributed by atoms with Crippen LogP contribution in [0.4, 0.5) is 0 Å². The third-order valence-corrected chi connectivity index (χ3v) is 2.50. The Morgan fingerprint density at radius 1 is 1.53 bits per heavy atom. The Labute approximate surface area is 100 Å². The molecular formula is C13H14N2O2. The van der Waals surface area contributed by atoms with Gasteiger partial charge >= 0.3 is 0 Å². The molecule has 0 fully saturated rings. The largest absolute Gasteiger partial charge is 0.492 e. The summed E-state index contributed by atoms with van der Waals surface area (Å²) in [4.78, 5) is 10.9. The van der Waals surface area contributed by atoms with Gasteiger partial charge in [-0.15, -0.1) is 0 Å². The van der Waals surface area contributed by atoms with Gasteiger partial charge in [-0.1, -0.05) is 24.0 Å². The van der Waals surface area contributed by atoms with E-state index in [2.05, 4.69) is 17.2 Å². The molecule has 1 aliphatic rings. The van der Waals surface area contributed by atoms with Crippen LogP contribution in [0.5, 0.6) is 5.75 Å². The molecular weight excluding hydrogens is 216 g/mol. The number of nitrogens with one attached hydrogen (secondary N) is 1. The zero-order valence-electron chi connectivity index (χ0n) is 9.45. The highest BCUT2D eigenvalue weighted by Gasteiger charge is 2.14. The van der Waals surface area contributed by atoms with Gasteiger partial charge in [0.05, 0.1) is 25.3 Å². The SMILES string of the molecule is NCC(=O)NCC#Cc1cccc2c1OCC2. The summed E-state index contributed by atoms with van der Waals surface area (Å²) in [5.41, 5.74) is 7.23. The fraction of sp³-hybridized carbons (Fsp3) is 0.308. The Balaban J connectivity index is 2.02. The molecule has 0 aromatic heterocycles. The van der Waals surface area contributed by atoms with Crippen molar-refractivity contribution in [2.24, 2.45) is 5.73 Å². The first kappa shape index (κ1) is 11.5. The number of benzene rings is 1. The van der Waals surface area contributed by atoms with Crippen molar-refractivity contribution in [3.63, 3.8) is 0 Å². The van der Waals surface area contributed by atoms with E-state index in [9.17, 15) is 4.79 Å². The fourth-order valence-electron chi connectivity index (χ4n) is 1.67. The minimum atomic E-state index is -0.200. The van der Waals surface area contributed by atoms with Crippen LogP contribution < -0.4 is 15.8 Å². The zero-order valence-corrected chi connectivity index (χ0v) is 9.45. The molecule has 4 heteroatoms. The molecule has 1 amide bonds. The topological polar surface area (TPSA) is 64.4 Å². The minimum absolute atomic E-state index is 0.00841. The highest BCUT2D eigenvalue weighted by Crippen LogP contribution is 2.28. The van der Waals surface area contributed by atoms with Crippen molar-refractivity contribution in [3.05, 3.63) is 29.3 Å². The molecule has 0 spiro atoms. The first-order valence-corrected chi connectivity index (χ1v) is 5.51. The van der Waals surface area contributed by atoms with Gasteiger partial charge in [0.25, 0.3) is 0 Å². The van der Waals surface area contributed by atoms with Crippen molar-refractivity contribution in [2.75, 3.05) is 19.7 Å². The van der Waals surface area contributed by atoms with E-state index in [0.717, 1.165) is 24.3 Å². The van der Waals surface area contributed by atoms with Crippen LogP contribution in [0.1, 0.15) is 11.1 Å². The smallest absolute Gasteiger partial charge is 0.234 e. The first-order chi connectivity index (χ1) is 8.31. The Morgan fingerprint density at radius 3 is 3.24 bits per heavy atom. The highest BCUT2D eigenvalue weighted by molar-refractivity contribution is 5.78. The van der Waals surface area contributed by atoms with Crippen molar-refractivity contribution in [3.8, 4) is 17.6 Å². The standard InChI is InChI=1S/C13H14N2O2/c14-9-12(16)15-7-2-5-10-3-1-4-11-6-8-17-13(10)11/h1,3-4H,6-9,14H2,(H,15,16). The fourth-order valence-corrected chi connectivity index (χ4v) is 1.67. The van der Waals surface area contributed by atoms with Crippen molar-refractivity contribution in [1.82, 2.24) is 5.32 Å². The average molecular weight is 230 g/mol. The molecule has 3 N–H and O–H groups in total. The molecule has 0 aliphatic carbocycles. The lowest BCUT2D eigenvalue weighted by Gasteiger charge is -2.01. The molecule has 88 valence electrons. The molecule has 0 unspecified atom stereocenters. The maximum atomic E-state index is 10.9. The minimum Gasteiger partial charge on any atom is -0.492 e. The summed E-state index contributed by atoms with van der Waals surface area (Å²) in [5, 5.41) is 2.59. The predicted octanol–water partition coefficient (Wildman–Crippen LogP) is 0.0479. The van der Waals surface area contributed by atoms with E-state index in [-0.39, 0.29) is 12.5 Å².